The molecule has 4 heteroatoms. The van der Waals surface area contributed by atoms with Gasteiger partial charge in [-0.3, -0.25) is 0 Å². The van der Waals surface area contributed by atoms with Gasteiger partial charge in [0.25, 0.3) is 0 Å². The van der Waals surface area contributed by atoms with E-state index in [-0.39, 0.29) is 5.92 Å². The molecule has 0 aliphatic heterocycles. The number of hydrogen-bond donors (Lipinski definition) is 1. The van der Waals surface area contributed by atoms with E-state index < -0.39 is 5.97 Å². The van der Waals surface area contributed by atoms with Crippen molar-refractivity contribution in [1.29, 1.82) is 0 Å². The number of ether oxygens (including phenoxy) is 1. The van der Waals surface area contributed by atoms with E-state index in [1.807, 2.05) is 26.0 Å². The Morgan fingerprint density at radius 2 is 1.95 bits per heavy atom. The first-order valence-corrected chi connectivity index (χ1v) is 6.84. The first kappa shape index (κ1) is 14.3. The Kier molecular flexibility index (Phi) is 4.23. The van der Waals surface area contributed by atoms with E-state index in [2.05, 4.69) is 29.0 Å². The van der Waals surface area contributed by atoms with Crippen LogP contribution < -0.4 is 0 Å². The van der Waals surface area contributed by atoms with E-state index in [1.54, 1.807) is 0 Å². The third-order valence-corrected chi connectivity index (χ3v) is 3.32. The molecule has 0 bridgehead atoms. The molecule has 0 fully saturated rings. The summed E-state index contributed by atoms with van der Waals surface area (Å²) >= 11 is 0. The fourth-order valence-corrected chi connectivity index (χ4v) is 2.09. The molecule has 0 radical (unpaired) electrons. The van der Waals surface area contributed by atoms with Gasteiger partial charge >= 0.3 is 5.97 Å². The lowest BCUT2D eigenvalue weighted by molar-refractivity contribution is 0.0593. The average molecular weight is 272 g/mol. The van der Waals surface area contributed by atoms with Crippen molar-refractivity contribution in [2.24, 2.45) is 0 Å². The van der Waals surface area contributed by atoms with Crippen molar-refractivity contribution >= 4 is 5.97 Å². The number of carbonyl (C=O) groups is 1. The maximum atomic E-state index is 11.8. The summed E-state index contributed by atoms with van der Waals surface area (Å²) in [6, 6.07) is 8.18. The number of rotatable bonds is 4. The van der Waals surface area contributed by atoms with Gasteiger partial charge in [-0.25, -0.2) is 9.78 Å². The van der Waals surface area contributed by atoms with Gasteiger partial charge in [-0.15, -0.1) is 0 Å². The van der Waals surface area contributed by atoms with Crippen LogP contribution in [0.2, 0.25) is 0 Å². The van der Waals surface area contributed by atoms with Gasteiger partial charge in [0.15, 0.2) is 5.69 Å². The average Bonchev–Trinajstić information content (AvgIpc) is 2.92. The number of aromatic nitrogens is 2. The van der Waals surface area contributed by atoms with Crippen LogP contribution in [0.15, 0.2) is 24.3 Å². The van der Waals surface area contributed by atoms with Crippen molar-refractivity contribution in [3.63, 3.8) is 0 Å². The summed E-state index contributed by atoms with van der Waals surface area (Å²) in [5.41, 5.74) is 3.43. The number of aryl methyl sites for hydroxylation is 1. The fraction of sp³-hybridized carbons (Fsp3) is 0.375. The zero-order valence-corrected chi connectivity index (χ0v) is 12.4. The number of nitrogens with zero attached hydrogens (tertiary/aromatic N) is 1. The highest BCUT2D eigenvalue weighted by molar-refractivity contribution is 5.89. The molecule has 1 aromatic heterocycles. The first-order chi connectivity index (χ1) is 9.56. The lowest BCUT2D eigenvalue weighted by Crippen LogP contribution is -2.06. The van der Waals surface area contributed by atoms with Crippen LogP contribution in [0.3, 0.4) is 0 Å². The van der Waals surface area contributed by atoms with E-state index in [4.69, 9.17) is 4.74 Å². The van der Waals surface area contributed by atoms with Crippen LogP contribution in [0, 0.1) is 0 Å². The predicted octanol–water partition coefficient (Wildman–Crippen LogP) is 3.55. The highest BCUT2D eigenvalue weighted by atomic mass is 16.5. The molecule has 2 rings (SSSR count). The van der Waals surface area contributed by atoms with E-state index in [1.165, 1.54) is 12.7 Å². The molecule has 0 atom stereocenters. The third kappa shape index (κ3) is 2.74. The number of hydrogen-bond acceptors (Lipinski definition) is 3. The second-order valence-electron chi connectivity index (χ2n) is 5.04. The molecule has 0 saturated heterocycles. The molecule has 1 N–H and O–H groups in total. The minimum Gasteiger partial charge on any atom is -0.464 e. The molecule has 1 heterocycles. The van der Waals surface area contributed by atoms with Crippen molar-refractivity contribution in [2.45, 2.75) is 33.1 Å². The number of carbonyl (C=O) groups excluding carboxylic acids is 1. The first-order valence-electron chi connectivity index (χ1n) is 6.84. The Morgan fingerprint density at radius 1 is 1.30 bits per heavy atom. The van der Waals surface area contributed by atoms with Crippen LogP contribution >= 0.6 is 0 Å². The summed E-state index contributed by atoms with van der Waals surface area (Å²) in [6.45, 7) is 6.15. The summed E-state index contributed by atoms with van der Waals surface area (Å²) in [6.07, 6.45) is 1.00. The molecule has 1 aromatic carbocycles. The second-order valence-corrected chi connectivity index (χ2v) is 5.04. The molecular weight excluding hydrogens is 252 g/mol. The highest BCUT2D eigenvalue weighted by Crippen LogP contribution is 2.24. The van der Waals surface area contributed by atoms with Crippen LogP contribution in [0.25, 0.3) is 11.4 Å². The van der Waals surface area contributed by atoms with Crippen molar-refractivity contribution in [1.82, 2.24) is 9.97 Å². The number of H-pyrrole nitrogens is 1. The third-order valence-electron chi connectivity index (χ3n) is 3.32. The molecule has 20 heavy (non-hydrogen) atoms. The Balaban J connectivity index is 2.44. The number of aromatic amines is 1. The van der Waals surface area contributed by atoms with Crippen LogP contribution in [0.1, 0.15) is 48.4 Å². The number of esters is 1. The van der Waals surface area contributed by atoms with Crippen molar-refractivity contribution in [2.75, 3.05) is 7.11 Å². The fourth-order valence-electron chi connectivity index (χ4n) is 2.09. The lowest BCUT2D eigenvalue weighted by atomic mass is 10.1. The molecule has 0 aliphatic rings. The van der Waals surface area contributed by atoms with Crippen molar-refractivity contribution < 1.29 is 9.53 Å². The molecule has 106 valence electrons. The van der Waals surface area contributed by atoms with Gasteiger partial charge in [-0.05, 0) is 17.9 Å². The summed E-state index contributed by atoms with van der Waals surface area (Å²) < 4.78 is 4.79. The van der Waals surface area contributed by atoms with E-state index in [0.717, 1.165) is 17.7 Å². The molecule has 0 aliphatic carbocycles. The Hall–Kier alpha value is -2.10. The van der Waals surface area contributed by atoms with Gasteiger partial charge in [-0.1, -0.05) is 45.0 Å². The summed E-state index contributed by atoms with van der Waals surface area (Å²) in [5.74, 6) is 0.485. The summed E-state index contributed by atoms with van der Waals surface area (Å²) in [4.78, 5) is 19.4. The highest BCUT2D eigenvalue weighted by Gasteiger charge is 2.20. The van der Waals surface area contributed by atoms with E-state index >= 15 is 0 Å². The Morgan fingerprint density at radius 3 is 2.45 bits per heavy atom. The van der Waals surface area contributed by atoms with Crippen LogP contribution in [0.4, 0.5) is 0 Å². The topological polar surface area (TPSA) is 55.0 Å². The van der Waals surface area contributed by atoms with E-state index in [9.17, 15) is 4.79 Å². The monoisotopic (exact) mass is 272 g/mol. The second kappa shape index (κ2) is 5.90. The van der Waals surface area contributed by atoms with Crippen molar-refractivity contribution in [3.8, 4) is 11.4 Å². The molecule has 4 nitrogen and oxygen atoms in total. The Labute approximate surface area is 119 Å². The van der Waals surface area contributed by atoms with Crippen LogP contribution in [-0.2, 0) is 11.2 Å². The number of methoxy groups -OCH3 is 1. The largest absolute Gasteiger partial charge is 0.464 e. The van der Waals surface area contributed by atoms with Gasteiger partial charge in [0, 0.05) is 5.56 Å². The number of nitrogens with one attached hydrogen (secondary N) is 1. The molecule has 0 unspecified atom stereocenters. The lowest BCUT2D eigenvalue weighted by Gasteiger charge is -2.03. The van der Waals surface area contributed by atoms with Gasteiger partial charge in [0.1, 0.15) is 5.82 Å². The number of imidazole rings is 1. The standard InChI is InChI=1S/C16H20N2O2/c1-5-11-6-8-12(9-7-11)15-17-13(10(2)3)14(18-15)16(19)20-4/h6-10H,5H2,1-4H3,(H,17,18). The predicted molar refractivity (Wildman–Crippen MR) is 78.8 cm³/mol. The minimum atomic E-state index is -0.402. The SMILES string of the molecule is CCc1ccc(-c2nc(C(=O)OC)c(C(C)C)[nH]2)cc1. The van der Waals surface area contributed by atoms with Gasteiger partial charge in [-0.2, -0.15) is 0 Å². The van der Waals surface area contributed by atoms with Crippen LogP contribution in [0.5, 0.6) is 0 Å². The quantitative estimate of drug-likeness (QED) is 0.866. The smallest absolute Gasteiger partial charge is 0.358 e. The molecular formula is C16H20N2O2. The van der Waals surface area contributed by atoms with Crippen molar-refractivity contribution in [3.05, 3.63) is 41.2 Å². The molecule has 0 spiro atoms. The van der Waals surface area contributed by atoms with Gasteiger partial charge in [0.2, 0.25) is 0 Å². The maximum Gasteiger partial charge on any atom is 0.358 e. The van der Waals surface area contributed by atoms with Crippen LogP contribution in [-0.4, -0.2) is 23.0 Å². The molecule has 2 aromatic rings. The van der Waals surface area contributed by atoms with Gasteiger partial charge < -0.3 is 9.72 Å². The zero-order valence-electron chi connectivity index (χ0n) is 12.4. The zero-order chi connectivity index (χ0) is 14.7. The maximum absolute atomic E-state index is 11.8. The van der Waals surface area contributed by atoms with E-state index in [0.29, 0.717) is 11.5 Å². The Bertz CT molecular complexity index is 597. The normalized spacial score (nSPS) is 10.8. The molecule has 0 amide bonds. The summed E-state index contributed by atoms with van der Waals surface area (Å²) in [7, 11) is 1.37. The summed E-state index contributed by atoms with van der Waals surface area (Å²) in [5, 5.41) is 0. The van der Waals surface area contributed by atoms with Gasteiger partial charge in [0.05, 0.1) is 12.8 Å². The number of benzene rings is 1. The minimum absolute atomic E-state index is 0.181. The molecule has 0 saturated carbocycles.